The zero-order valence-corrected chi connectivity index (χ0v) is 17.6. The summed E-state index contributed by atoms with van der Waals surface area (Å²) >= 11 is 2.80. The molecule has 1 N–H and O–H groups in total. The Balaban J connectivity index is 1.48. The van der Waals surface area contributed by atoms with Gasteiger partial charge in [-0.1, -0.05) is 16.5 Å². The summed E-state index contributed by atoms with van der Waals surface area (Å²) in [5.74, 6) is 0.808. The van der Waals surface area contributed by atoms with Crippen molar-refractivity contribution in [2.45, 2.75) is 46.3 Å². The largest absolute Gasteiger partial charge is 0.376 e. The van der Waals surface area contributed by atoms with Crippen molar-refractivity contribution in [2.24, 2.45) is 0 Å². The summed E-state index contributed by atoms with van der Waals surface area (Å²) in [6.07, 6.45) is 2.48. The van der Waals surface area contributed by atoms with Gasteiger partial charge in [0.2, 0.25) is 0 Å². The molecule has 28 heavy (non-hydrogen) atoms. The van der Waals surface area contributed by atoms with Crippen molar-refractivity contribution in [3.8, 4) is 0 Å². The number of hydrogen-bond donors (Lipinski definition) is 1. The first-order valence-electron chi connectivity index (χ1n) is 8.75. The van der Waals surface area contributed by atoms with Crippen molar-refractivity contribution in [2.75, 3.05) is 0 Å². The lowest BCUT2D eigenvalue weighted by Gasteiger charge is -2.16. The molecule has 146 valence electrons. The average molecular weight is 417 g/mol. The van der Waals surface area contributed by atoms with Crippen LogP contribution in [0.15, 0.2) is 22.2 Å². The molecular weight excluding hydrogens is 396 g/mol. The summed E-state index contributed by atoms with van der Waals surface area (Å²) in [7, 11) is 0. The Hall–Kier alpha value is -2.43. The van der Waals surface area contributed by atoms with Crippen molar-refractivity contribution in [1.82, 2.24) is 30.1 Å². The highest BCUT2D eigenvalue weighted by atomic mass is 32.1. The van der Waals surface area contributed by atoms with E-state index < -0.39 is 5.60 Å². The first-order chi connectivity index (χ1) is 13.3. The topological polar surface area (TPSA) is 103 Å². The molecule has 0 aliphatic heterocycles. The van der Waals surface area contributed by atoms with Gasteiger partial charge in [-0.25, -0.2) is 4.98 Å². The Labute approximate surface area is 169 Å². The van der Waals surface area contributed by atoms with Gasteiger partial charge < -0.3 is 9.63 Å². The standard InChI is InChI=1S/C18H20N6O2S2/c1-10-9-27-16(19-10)18(4,25)17-21-20-15(28-17)7-13-5-6-24(22-13)8-14-11(2)23-26-12(14)3/h5-6,9,25H,7-8H2,1-4H3. The molecule has 0 saturated carbocycles. The second-order valence-corrected chi connectivity index (χ2v) is 8.77. The number of aromatic nitrogens is 6. The van der Waals surface area contributed by atoms with Crippen LogP contribution in [0.1, 0.15) is 50.4 Å². The molecule has 4 rings (SSSR count). The molecule has 4 aromatic heterocycles. The lowest BCUT2D eigenvalue weighted by molar-refractivity contribution is 0.101. The van der Waals surface area contributed by atoms with Gasteiger partial charge in [0.15, 0.2) is 10.6 Å². The van der Waals surface area contributed by atoms with Crippen LogP contribution < -0.4 is 0 Å². The van der Waals surface area contributed by atoms with Crippen molar-refractivity contribution >= 4 is 22.7 Å². The van der Waals surface area contributed by atoms with E-state index in [1.165, 1.54) is 22.7 Å². The Bertz CT molecular complexity index is 1090. The van der Waals surface area contributed by atoms with E-state index in [2.05, 4.69) is 25.4 Å². The minimum absolute atomic E-state index is 0.534. The van der Waals surface area contributed by atoms with Crippen molar-refractivity contribution in [3.63, 3.8) is 0 Å². The maximum Gasteiger partial charge on any atom is 0.166 e. The molecule has 0 bridgehead atoms. The Kier molecular flexibility index (Phi) is 4.86. The van der Waals surface area contributed by atoms with Gasteiger partial charge in [0.05, 0.1) is 17.9 Å². The fraction of sp³-hybridized carbons (Fsp3) is 0.389. The van der Waals surface area contributed by atoms with Crippen molar-refractivity contribution in [3.05, 3.63) is 61.1 Å². The van der Waals surface area contributed by atoms with E-state index in [-0.39, 0.29) is 0 Å². The summed E-state index contributed by atoms with van der Waals surface area (Å²) in [6, 6.07) is 1.96. The normalized spacial score (nSPS) is 13.8. The lowest BCUT2D eigenvalue weighted by atomic mass is 10.1. The SMILES string of the molecule is Cc1csc(C(C)(O)c2nnc(Cc3ccn(Cc4c(C)noc4C)n3)s2)n1. The molecule has 0 spiro atoms. The number of nitrogens with zero attached hydrogens (tertiary/aromatic N) is 6. The first kappa shape index (κ1) is 18.9. The molecule has 10 heteroatoms. The zero-order valence-electron chi connectivity index (χ0n) is 16.0. The predicted octanol–water partition coefficient (Wildman–Crippen LogP) is 3.00. The molecule has 0 saturated heterocycles. The monoisotopic (exact) mass is 416 g/mol. The van der Waals surface area contributed by atoms with E-state index in [4.69, 9.17) is 4.52 Å². The van der Waals surface area contributed by atoms with Gasteiger partial charge in [-0.05, 0) is 33.8 Å². The van der Waals surface area contributed by atoms with Gasteiger partial charge >= 0.3 is 0 Å². The maximum absolute atomic E-state index is 10.9. The molecule has 4 aromatic rings. The number of aryl methyl sites for hydroxylation is 3. The Morgan fingerprint density at radius 3 is 2.71 bits per heavy atom. The van der Waals surface area contributed by atoms with E-state index >= 15 is 0 Å². The van der Waals surface area contributed by atoms with Crippen molar-refractivity contribution < 1.29 is 9.63 Å². The van der Waals surface area contributed by atoms with Gasteiger partial charge in [0.25, 0.3) is 0 Å². The van der Waals surface area contributed by atoms with E-state index in [0.29, 0.717) is 23.0 Å². The molecule has 0 aliphatic rings. The average Bonchev–Trinajstić information content (AvgIpc) is 3.42. The van der Waals surface area contributed by atoms with Crippen LogP contribution in [0.4, 0.5) is 0 Å². The second-order valence-electron chi connectivity index (χ2n) is 6.85. The number of rotatable bonds is 6. The molecule has 1 unspecified atom stereocenters. The summed E-state index contributed by atoms with van der Waals surface area (Å²) in [4.78, 5) is 4.38. The van der Waals surface area contributed by atoms with Crippen LogP contribution in [0, 0.1) is 20.8 Å². The second kappa shape index (κ2) is 7.19. The number of thiazole rings is 1. The van der Waals surface area contributed by atoms with E-state index in [1.807, 2.05) is 43.1 Å². The Morgan fingerprint density at radius 1 is 1.21 bits per heavy atom. The third kappa shape index (κ3) is 3.62. The van der Waals surface area contributed by atoms with Gasteiger partial charge in [0.1, 0.15) is 15.8 Å². The van der Waals surface area contributed by atoms with Crippen LogP contribution >= 0.6 is 22.7 Å². The molecule has 0 fully saturated rings. The molecule has 0 radical (unpaired) electrons. The fourth-order valence-corrected chi connectivity index (χ4v) is 4.65. The van der Waals surface area contributed by atoms with Gasteiger partial charge in [-0.2, -0.15) is 5.10 Å². The van der Waals surface area contributed by atoms with Crippen molar-refractivity contribution in [1.29, 1.82) is 0 Å². The van der Waals surface area contributed by atoms with Gasteiger partial charge in [0, 0.05) is 29.3 Å². The maximum atomic E-state index is 10.9. The molecule has 8 nitrogen and oxygen atoms in total. The molecule has 0 amide bonds. The molecule has 0 aromatic carbocycles. The molecule has 1 atom stereocenters. The van der Waals surface area contributed by atoms with Crippen LogP contribution in [0.2, 0.25) is 0 Å². The minimum atomic E-state index is -1.24. The quantitative estimate of drug-likeness (QED) is 0.515. The summed E-state index contributed by atoms with van der Waals surface area (Å²) in [5.41, 5.74) is 2.45. The highest BCUT2D eigenvalue weighted by Crippen LogP contribution is 2.33. The zero-order chi connectivity index (χ0) is 19.9. The highest BCUT2D eigenvalue weighted by Gasteiger charge is 2.33. The van der Waals surface area contributed by atoms with Crippen LogP contribution in [-0.4, -0.2) is 35.2 Å². The number of aliphatic hydroxyl groups is 1. The van der Waals surface area contributed by atoms with Crippen LogP contribution in [0.3, 0.4) is 0 Å². The summed E-state index contributed by atoms with van der Waals surface area (Å²) in [6.45, 7) is 8.04. The minimum Gasteiger partial charge on any atom is -0.376 e. The van der Waals surface area contributed by atoms with E-state index in [1.54, 1.807) is 6.92 Å². The summed E-state index contributed by atoms with van der Waals surface area (Å²) in [5, 5.41) is 31.8. The molecule has 0 aliphatic carbocycles. The highest BCUT2D eigenvalue weighted by molar-refractivity contribution is 7.12. The smallest absolute Gasteiger partial charge is 0.166 e. The molecular formula is C18H20N6O2S2. The summed E-state index contributed by atoms with van der Waals surface area (Å²) < 4.78 is 7.07. The van der Waals surface area contributed by atoms with Crippen LogP contribution in [0.5, 0.6) is 0 Å². The molecule has 4 heterocycles. The van der Waals surface area contributed by atoms with Crippen LogP contribution in [-0.2, 0) is 18.6 Å². The Morgan fingerprint density at radius 2 is 2.04 bits per heavy atom. The van der Waals surface area contributed by atoms with Crippen LogP contribution in [0.25, 0.3) is 0 Å². The predicted molar refractivity (Wildman–Crippen MR) is 106 cm³/mol. The third-order valence-corrected chi connectivity index (χ3v) is 6.75. The van der Waals surface area contributed by atoms with Gasteiger partial charge in [-0.3, -0.25) is 4.68 Å². The fourth-order valence-electron chi connectivity index (χ4n) is 2.82. The number of hydrogen-bond acceptors (Lipinski definition) is 9. The first-order valence-corrected chi connectivity index (χ1v) is 10.4. The van der Waals surface area contributed by atoms with E-state index in [0.717, 1.165) is 33.4 Å². The third-order valence-electron chi connectivity index (χ3n) is 4.45. The van der Waals surface area contributed by atoms with E-state index in [9.17, 15) is 5.11 Å². The lowest BCUT2D eigenvalue weighted by Crippen LogP contribution is -2.22. The van der Waals surface area contributed by atoms with Gasteiger partial charge in [-0.15, -0.1) is 21.5 Å².